The fourth-order valence-electron chi connectivity index (χ4n) is 3.68. The molecule has 0 N–H and O–H groups in total. The molecule has 1 heterocycles. The van der Waals surface area contributed by atoms with Crippen molar-refractivity contribution >= 4 is 35.8 Å². The third-order valence-electron chi connectivity index (χ3n) is 5.23. The summed E-state index contributed by atoms with van der Waals surface area (Å²) in [4.78, 5) is 28.7. The van der Waals surface area contributed by atoms with Gasteiger partial charge in [-0.3, -0.25) is 14.5 Å². The molecule has 2 aromatic carbocycles. The molecule has 2 aromatic rings. The van der Waals surface area contributed by atoms with E-state index in [2.05, 4.69) is 11.8 Å². The number of nitrogens with zero attached hydrogens (tertiary/aromatic N) is 2. The average Bonchev–Trinajstić information content (AvgIpc) is 2.97. The quantitative estimate of drug-likeness (QED) is 0.491. The molecule has 1 aliphatic heterocycles. The summed E-state index contributed by atoms with van der Waals surface area (Å²) >= 11 is 6.36. The fraction of sp³-hybridized carbons (Fsp3) is 0.391. The van der Waals surface area contributed by atoms with Crippen LogP contribution in [0.1, 0.15) is 46.0 Å². The highest BCUT2D eigenvalue weighted by atomic mass is 35.5. The lowest BCUT2D eigenvalue weighted by atomic mass is 10.1. The van der Waals surface area contributed by atoms with Crippen LogP contribution in [0.25, 0.3) is 0 Å². The minimum absolute atomic E-state index is 0. The molecule has 0 atom stereocenters. The number of hydrogen-bond acceptors (Lipinski definition) is 4. The molecule has 30 heavy (non-hydrogen) atoms. The molecule has 162 valence electrons. The number of halogens is 2. The normalized spacial score (nSPS) is 12.9. The van der Waals surface area contributed by atoms with Gasteiger partial charge in [0.15, 0.2) is 0 Å². The van der Waals surface area contributed by atoms with E-state index in [9.17, 15) is 9.59 Å². The Morgan fingerprint density at radius 3 is 2.23 bits per heavy atom. The molecular formula is C23H28Cl2N2O3. The van der Waals surface area contributed by atoms with E-state index in [0.717, 1.165) is 50.2 Å². The first kappa shape index (κ1) is 24.2. The van der Waals surface area contributed by atoms with Crippen molar-refractivity contribution in [2.75, 3.05) is 33.3 Å². The molecule has 5 nitrogen and oxygen atoms in total. The van der Waals surface area contributed by atoms with Gasteiger partial charge in [-0.1, -0.05) is 36.7 Å². The van der Waals surface area contributed by atoms with Crippen LogP contribution in [-0.2, 0) is 6.42 Å². The van der Waals surface area contributed by atoms with Gasteiger partial charge in [0.25, 0.3) is 11.8 Å². The topological polar surface area (TPSA) is 49.9 Å². The number of rotatable bonds is 10. The Labute approximate surface area is 189 Å². The van der Waals surface area contributed by atoms with Gasteiger partial charge < -0.3 is 9.64 Å². The molecule has 0 saturated heterocycles. The molecule has 3 rings (SSSR count). The van der Waals surface area contributed by atoms with Gasteiger partial charge in [-0.15, -0.1) is 12.4 Å². The van der Waals surface area contributed by atoms with Gasteiger partial charge in [0.2, 0.25) is 0 Å². The second-order valence-electron chi connectivity index (χ2n) is 7.21. The SMILES string of the molecule is CCCN(CCCN1C(=O)c2ccccc2C1=O)CCc1ccc(OC)cc1Cl.Cl. The maximum atomic E-state index is 12.5. The lowest BCUT2D eigenvalue weighted by Gasteiger charge is -2.23. The van der Waals surface area contributed by atoms with Gasteiger partial charge in [-0.2, -0.15) is 0 Å². The smallest absolute Gasteiger partial charge is 0.261 e. The number of amides is 2. The van der Waals surface area contributed by atoms with Crippen LogP contribution in [-0.4, -0.2) is 54.9 Å². The zero-order valence-electron chi connectivity index (χ0n) is 17.4. The molecule has 7 heteroatoms. The summed E-state index contributed by atoms with van der Waals surface area (Å²) in [6.45, 7) is 5.26. The number of ether oxygens (including phenoxy) is 1. The summed E-state index contributed by atoms with van der Waals surface area (Å²) in [5.74, 6) is 0.389. The molecule has 0 aromatic heterocycles. The van der Waals surface area contributed by atoms with Crippen LogP contribution >= 0.6 is 24.0 Å². The lowest BCUT2D eigenvalue weighted by molar-refractivity contribution is 0.0647. The second-order valence-corrected chi connectivity index (χ2v) is 7.62. The Kier molecular flexibility index (Phi) is 9.15. The molecular weight excluding hydrogens is 423 g/mol. The van der Waals surface area contributed by atoms with E-state index in [1.54, 1.807) is 31.4 Å². The van der Waals surface area contributed by atoms with Crippen molar-refractivity contribution < 1.29 is 14.3 Å². The number of fused-ring (bicyclic) bond motifs is 1. The molecule has 2 amide bonds. The first-order valence-electron chi connectivity index (χ1n) is 10.0. The van der Waals surface area contributed by atoms with Gasteiger partial charge in [0.1, 0.15) is 5.75 Å². The second kappa shape index (κ2) is 11.3. The van der Waals surface area contributed by atoms with Crippen LogP contribution in [0, 0.1) is 0 Å². The molecule has 0 radical (unpaired) electrons. The first-order chi connectivity index (χ1) is 14.0. The Morgan fingerprint density at radius 1 is 1.00 bits per heavy atom. The molecule has 0 unspecified atom stereocenters. The number of benzene rings is 2. The van der Waals surface area contributed by atoms with Crippen molar-refractivity contribution in [3.63, 3.8) is 0 Å². The summed E-state index contributed by atoms with van der Waals surface area (Å²) in [7, 11) is 1.63. The predicted octanol–water partition coefficient (Wildman–Crippen LogP) is 4.71. The Hall–Kier alpha value is -2.08. The van der Waals surface area contributed by atoms with Gasteiger partial charge in [0.05, 0.1) is 18.2 Å². The van der Waals surface area contributed by atoms with Crippen LogP contribution in [0.5, 0.6) is 5.75 Å². The van der Waals surface area contributed by atoms with Crippen molar-refractivity contribution in [3.8, 4) is 5.75 Å². The molecule has 0 saturated carbocycles. The number of methoxy groups -OCH3 is 1. The van der Waals surface area contributed by atoms with E-state index < -0.39 is 0 Å². The van der Waals surface area contributed by atoms with Gasteiger partial charge in [0, 0.05) is 18.1 Å². The molecule has 0 bridgehead atoms. The van der Waals surface area contributed by atoms with E-state index in [1.165, 1.54) is 4.90 Å². The highest BCUT2D eigenvalue weighted by Gasteiger charge is 2.34. The highest BCUT2D eigenvalue weighted by molar-refractivity contribution is 6.31. The number of carbonyl (C=O) groups is 2. The largest absolute Gasteiger partial charge is 0.497 e. The minimum atomic E-state index is -0.183. The number of imide groups is 1. The summed E-state index contributed by atoms with van der Waals surface area (Å²) in [5.41, 5.74) is 2.11. The standard InChI is InChI=1S/C23H27ClN2O3.ClH/c1-3-12-25(15-11-17-9-10-18(29-2)16-21(17)24)13-6-14-26-22(27)19-7-4-5-8-20(19)23(26)28;/h4-5,7-10,16H,3,6,11-15H2,1-2H3;1H. The van der Waals surface area contributed by atoms with Crippen molar-refractivity contribution in [2.45, 2.75) is 26.2 Å². The lowest BCUT2D eigenvalue weighted by Crippen LogP contribution is -2.34. The summed E-state index contributed by atoms with van der Waals surface area (Å²) in [6.07, 6.45) is 2.64. The Bertz CT molecular complexity index is 854. The van der Waals surface area contributed by atoms with Gasteiger partial charge >= 0.3 is 0 Å². The first-order valence-corrected chi connectivity index (χ1v) is 10.4. The number of carbonyl (C=O) groups excluding carboxylic acids is 2. The van der Waals surface area contributed by atoms with Gasteiger partial charge in [-0.05, 0) is 62.2 Å². The zero-order valence-corrected chi connectivity index (χ0v) is 19.0. The maximum Gasteiger partial charge on any atom is 0.261 e. The van der Waals surface area contributed by atoms with Crippen molar-refractivity contribution in [1.29, 1.82) is 0 Å². The van der Waals surface area contributed by atoms with Crippen LogP contribution in [0.2, 0.25) is 5.02 Å². The van der Waals surface area contributed by atoms with Crippen LogP contribution in [0.4, 0.5) is 0 Å². The molecule has 1 aliphatic rings. The zero-order chi connectivity index (χ0) is 20.8. The Balaban J connectivity index is 0.00000320. The van der Waals surface area contributed by atoms with E-state index in [-0.39, 0.29) is 24.2 Å². The van der Waals surface area contributed by atoms with E-state index in [4.69, 9.17) is 16.3 Å². The number of hydrogen-bond donors (Lipinski definition) is 0. The average molecular weight is 451 g/mol. The van der Waals surface area contributed by atoms with Crippen molar-refractivity contribution in [2.24, 2.45) is 0 Å². The highest BCUT2D eigenvalue weighted by Crippen LogP contribution is 2.24. The minimum Gasteiger partial charge on any atom is -0.497 e. The monoisotopic (exact) mass is 450 g/mol. The van der Waals surface area contributed by atoms with Crippen molar-refractivity contribution in [3.05, 3.63) is 64.2 Å². The predicted molar refractivity (Wildman–Crippen MR) is 122 cm³/mol. The van der Waals surface area contributed by atoms with Crippen LogP contribution in [0.3, 0.4) is 0 Å². The Morgan fingerprint density at radius 2 is 1.67 bits per heavy atom. The van der Waals surface area contributed by atoms with Crippen LogP contribution in [0.15, 0.2) is 42.5 Å². The molecule has 0 spiro atoms. The van der Waals surface area contributed by atoms with Crippen LogP contribution < -0.4 is 4.74 Å². The van der Waals surface area contributed by atoms with Gasteiger partial charge in [-0.25, -0.2) is 0 Å². The summed E-state index contributed by atoms with van der Waals surface area (Å²) in [6, 6.07) is 12.8. The van der Waals surface area contributed by atoms with E-state index in [0.29, 0.717) is 22.7 Å². The van der Waals surface area contributed by atoms with E-state index in [1.807, 2.05) is 18.2 Å². The third-order valence-corrected chi connectivity index (χ3v) is 5.58. The molecule has 0 aliphatic carbocycles. The van der Waals surface area contributed by atoms with Crippen molar-refractivity contribution in [1.82, 2.24) is 9.80 Å². The van der Waals surface area contributed by atoms with E-state index >= 15 is 0 Å². The maximum absolute atomic E-state index is 12.5. The summed E-state index contributed by atoms with van der Waals surface area (Å²) in [5, 5.41) is 0.715. The third kappa shape index (κ3) is 5.54. The summed E-state index contributed by atoms with van der Waals surface area (Å²) < 4.78 is 5.20. The fourth-order valence-corrected chi connectivity index (χ4v) is 3.95. The molecule has 0 fully saturated rings.